The van der Waals surface area contributed by atoms with Crippen molar-refractivity contribution in [3.63, 3.8) is 0 Å². The first-order chi connectivity index (χ1) is 9.29. The molecule has 2 aromatic rings. The lowest BCUT2D eigenvalue weighted by atomic mass is 9.92. The lowest BCUT2D eigenvalue weighted by Crippen LogP contribution is -2.27. The fraction of sp³-hybridized carbons (Fsp3) is 0.400. The SMILES string of the molecule is CC(C)(C)CCNC(=O)c1sc2cccc(F)c2c1N. The molecule has 0 spiro atoms. The predicted octanol–water partition coefficient (Wildman–Crippen LogP) is 3.79. The molecule has 3 nitrogen and oxygen atoms in total. The molecule has 1 aromatic carbocycles. The van der Waals surface area contributed by atoms with E-state index in [1.807, 2.05) is 0 Å². The number of carbonyl (C=O) groups excluding carboxylic acids is 1. The monoisotopic (exact) mass is 294 g/mol. The lowest BCUT2D eigenvalue weighted by Gasteiger charge is -2.17. The largest absolute Gasteiger partial charge is 0.397 e. The average molecular weight is 294 g/mol. The summed E-state index contributed by atoms with van der Waals surface area (Å²) in [7, 11) is 0. The van der Waals surface area contributed by atoms with Gasteiger partial charge in [0.15, 0.2) is 0 Å². The van der Waals surface area contributed by atoms with Gasteiger partial charge in [-0.3, -0.25) is 4.79 Å². The highest BCUT2D eigenvalue weighted by molar-refractivity contribution is 7.21. The van der Waals surface area contributed by atoms with Crippen LogP contribution in [0.1, 0.15) is 36.9 Å². The molecule has 3 N–H and O–H groups in total. The molecule has 0 aliphatic carbocycles. The molecule has 0 atom stereocenters. The van der Waals surface area contributed by atoms with Crippen molar-refractivity contribution in [1.82, 2.24) is 5.32 Å². The Morgan fingerprint density at radius 1 is 1.40 bits per heavy atom. The second kappa shape index (κ2) is 5.40. The van der Waals surface area contributed by atoms with Crippen molar-refractivity contribution in [2.75, 3.05) is 12.3 Å². The van der Waals surface area contributed by atoms with E-state index in [9.17, 15) is 9.18 Å². The number of fused-ring (bicyclic) bond motifs is 1. The van der Waals surface area contributed by atoms with Gasteiger partial charge in [-0.1, -0.05) is 26.8 Å². The van der Waals surface area contributed by atoms with Gasteiger partial charge >= 0.3 is 0 Å². The van der Waals surface area contributed by atoms with Gasteiger partial charge in [0.25, 0.3) is 5.91 Å². The number of benzene rings is 1. The van der Waals surface area contributed by atoms with Crippen molar-refractivity contribution in [1.29, 1.82) is 0 Å². The molecule has 0 aliphatic heterocycles. The zero-order valence-corrected chi connectivity index (χ0v) is 12.7. The third kappa shape index (κ3) is 3.10. The summed E-state index contributed by atoms with van der Waals surface area (Å²) in [5.41, 5.74) is 6.30. The maximum Gasteiger partial charge on any atom is 0.263 e. The highest BCUT2D eigenvalue weighted by atomic mass is 32.1. The Bertz CT molecular complexity index is 643. The predicted molar refractivity (Wildman–Crippen MR) is 82.6 cm³/mol. The number of nitrogens with one attached hydrogen (secondary N) is 1. The van der Waals surface area contributed by atoms with Crippen LogP contribution in [0.3, 0.4) is 0 Å². The van der Waals surface area contributed by atoms with Gasteiger partial charge in [-0.2, -0.15) is 0 Å². The van der Waals surface area contributed by atoms with Gasteiger partial charge in [-0.25, -0.2) is 4.39 Å². The average Bonchev–Trinajstić information content (AvgIpc) is 2.66. The second-order valence-electron chi connectivity index (χ2n) is 6.02. The van der Waals surface area contributed by atoms with E-state index in [-0.39, 0.29) is 22.8 Å². The summed E-state index contributed by atoms with van der Waals surface area (Å²) in [6, 6.07) is 4.74. The summed E-state index contributed by atoms with van der Waals surface area (Å²) in [6.45, 7) is 6.92. The van der Waals surface area contributed by atoms with Crippen LogP contribution in [0.15, 0.2) is 18.2 Å². The lowest BCUT2D eigenvalue weighted by molar-refractivity contribution is 0.0954. The fourth-order valence-corrected chi connectivity index (χ4v) is 2.98. The Balaban J connectivity index is 2.19. The minimum absolute atomic E-state index is 0.158. The number of thiophene rings is 1. The number of hydrogen-bond acceptors (Lipinski definition) is 3. The number of hydrogen-bond donors (Lipinski definition) is 2. The second-order valence-corrected chi connectivity index (χ2v) is 7.08. The Hall–Kier alpha value is -1.62. The van der Waals surface area contributed by atoms with Crippen molar-refractivity contribution in [2.24, 2.45) is 5.41 Å². The van der Waals surface area contributed by atoms with Gasteiger partial charge in [-0.05, 0) is 24.0 Å². The van der Waals surface area contributed by atoms with Gasteiger partial charge in [0, 0.05) is 11.2 Å². The molecule has 1 heterocycles. The molecule has 2 rings (SSSR count). The van der Waals surface area contributed by atoms with Crippen LogP contribution in [-0.4, -0.2) is 12.5 Å². The van der Waals surface area contributed by atoms with Crippen molar-refractivity contribution < 1.29 is 9.18 Å². The number of anilines is 1. The summed E-state index contributed by atoms with van der Waals surface area (Å²) in [5, 5.41) is 3.19. The molecule has 108 valence electrons. The third-order valence-electron chi connectivity index (χ3n) is 3.07. The van der Waals surface area contributed by atoms with Gasteiger partial charge < -0.3 is 11.1 Å². The van der Waals surface area contributed by atoms with Gasteiger partial charge in [0.05, 0.1) is 11.1 Å². The fourth-order valence-electron chi connectivity index (χ4n) is 1.93. The normalized spacial score (nSPS) is 11.8. The van der Waals surface area contributed by atoms with E-state index in [1.54, 1.807) is 12.1 Å². The van der Waals surface area contributed by atoms with E-state index in [4.69, 9.17) is 5.73 Å². The van der Waals surface area contributed by atoms with E-state index < -0.39 is 0 Å². The zero-order valence-electron chi connectivity index (χ0n) is 11.9. The quantitative estimate of drug-likeness (QED) is 0.905. The van der Waals surface area contributed by atoms with E-state index in [0.29, 0.717) is 21.5 Å². The van der Waals surface area contributed by atoms with Crippen molar-refractivity contribution >= 4 is 33.0 Å². The van der Waals surface area contributed by atoms with Crippen molar-refractivity contribution in [3.8, 4) is 0 Å². The van der Waals surface area contributed by atoms with Crippen LogP contribution in [0, 0.1) is 11.2 Å². The Labute approximate surface area is 122 Å². The molecular weight excluding hydrogens is 275 g/mol. The summed E-state index contributed by atoms with van der Waals surface area (Å²) in [5.74, 6) is -0.614. The Morgan fingerprint density at radius 2 is 2.10 bits per heavy atom. The van der Waals surface area contributed by atoms with Crippen molar-refractivity contribution in [2.45, 2.75) is 27.2 Å². The molecule has 5 heteroatoms. The van der Waals surface area contributed by atoms with Crippen LogP contribution < -0.4 is 11.1 Å². The van der Waals surface area contributed by atoms with E-state index >= 15 is 0 Å². The maximum absolute atomic E-state index is 13.7. The summed E-state index contributed by atoms with van der Waals surface area (Å²) in [6.07, 6.45) is 0.873. The van der Waals surface area contributed by atoms with Crippen LogP contribution in [-0.2, 0) is 0 Å². The molecule has 0 aliphatic rings. The van der Waals surface area contributed by atoms with E-state index in [0.717, 1.165) is 6.42 Å². The number of amides is 1. The molecule has 0 fully saturated rings. The molecule has 0 saturated carbocycles. The Kier molecular flexibility index (Phi) is 3.99. The van der Waals surface area contributed by atoms with Gasteiger partial charge in [-0.15, -0.1) is 11.3 Å². The molecule has 0 radical (unpaired) electrons. The number of rotatable bonds is 3. The third-order valence-corrected chi connectivity index (χ3v) is 4.24. The molecule has 1 aromatic heterocycles. The Morgan fingerprint density at radius 3 is 2.70 bits per heavy atom. The number of halogens is 1. The summed E-state index contributed by atoms with van der Waals surface area (Å²) < 4.78 is 14.4. The van der Waals surface area contributed by atoms with Crippen molar-refractivity contribution in [3.05, 3.63) is 28.9 Å². The number of nitrogen functional groups attached to an aromatic ring is 1. The summed E-state index contributed by atoms with van der Waals surface area (Å²) in [4.78, 5) is 12.5. The number of nitrogens with two attached hydrogens (primary N) is 1. The molecule has 20 heavy (non-hydrogen) atoms. The highest BCUT2D eigenvalue weighted by Crippen LogP contribution is 2.35. The number of carbonyl (C=O) groups is 1. The first-order valence-electron chi connectivity index (χ1n) is 6.54. The molecule has 0 bridgehead atoms. The maximum atomic E-state index is 13.7. The highest BCUT2D eigenvalue weighted by Gasteiger charge is 2.19. The van der Waals surface area contributed by atoms with Crippen LogP contribution in [0.4, 0.5) is 10.1 Å². The molecule has 1 amide bonds. The van der Waals surface area contributed by atoms with Gasteiger partial charge in [0.2, 0.25) is 0 Å². The molecular formula is C15H19FN2OS. The topological polar surface area (TPSA) is 55.1 Å². The minimum Gasteiger partial charge on any atom is -0.397 e. The van der Waals surface area contributed by atoms with E-state index in [2.05, 4.69) is 26.1 Å². The van der Waals surface area contributed by atoms with Crippen LogP contribution in [0.25, 0.3) is 10.1 Å². The van der Waals surface area contributed by atoms with Crippen LogP contribution in [0.5, 0.6) is 0 Å². The standard InChI is InChI=1S/C15H19FN2OS/c1-15(2,3)7-8-18-14(19)13-12(17)11-9(16)5-4-6-10(11)20-13/h4-6H,7-8,17H2,1-3H3,(H,18,19). The van der Waals surface area contributed by atoms with Crippen LogP contribution in [0.2, 0.25) is 0 Å². The molecule has 0 saturated heterocycles. The summed E-state index contributed by atoms with van der Waals surface area (Å²) >= 11 is 1.23. The zero-order chi connectivity index (χ0) is 14.9. The first-order valence-corrected chi connectivity index (χ1v) is 7.36. The minimum atomic E-state index is -0.384. The van der Waals surface area contributed by atoms with Gasteiger partial charge in [0.1, 0.15) is 10.7 Å². The first kappa shape index (κ1) is 14.8. The van der Waals surface area contributed by atoms with E-state index in [1.165, 1.54) is 17.4 Å². The molecule has 0 unspecified atom stereocenters. The smallest absolute Gasteiger partial charge is 0.263 e. The van der Waals surface area contributed by atoms with Crippen LogP contribution >= 0.6 is 11.3 Å².